The van der Waals surface area contributed by atoms with Crippen molar-refractivity contribution in [2.24, 2.45) is 0 Å². The molecule has 0 saturated heterocycles. The molecule has 2 aromatic rings. The summed E-state index contributed by atoms with van der Waals surface area (Å²) >= 11 is 0. The van der Waals surface area contributed by atoms with Crippen LogP contribution >= 0.6 is 0 Å². The second-order valence-electron chi connectivity index (χ2n) is 5.10. The third kappa shape index (κ3) is 1.48. The maximum atomic E-state index is 11.3. The Bertz CT molecular complexity index is 655. The van der Waals surface area contributed by atoms with Gasteiger partial charge in [-0.3, -0.25) is 0 Å². The summed E-state index contributed by atoms with van der Waals surface area (Å²) in [5.74, 6) is 1.00. The number of rotatable bonds is 3. The lowest BCUT2D eigenvalue weighted by atomic mass is 10.2. The lowest BCUT2D eigenvalue weighted by Gasteiger charge is -2.01. The number of fused-ring (bicyclic) bond motifs is 1. The zero-order chi connectivity index (χ0) is 12.3. The van der Waals surface area contributed by atoms with Crippen LogP contribution < -0.4 is 0 Å². The van der Waals surface area contributed by atoms with E-state index in [4.69, 9.17) is 0 Å². The number of carboxylic acids is 1. The summed E-state index contributed by atoms with van der Waals surface area (Å²) in [6, 6.07) is 1.64. The SMILES string of the molecule is O=C(O)c1cc(C2CC2)nc2nc(C3CC3)nn12. The fourth-order valence-electron chi connectivity index (χ4n) is 2.16. The van der Waals surface area contributed by atoms with E-state index in [0.717, 1.165) is 37.2 Å². The highest BCUT2D eigenvalue weighted by molar-refractivity contribution is 5.86. The van der Waals surface area contributed by atoms with Crippen LogP contribution in [-0.2, 0) is 0 Å². The molecule has 0 bridgehead atoms. The van der Waals surface area contributed by atoms with Gasteiger partial charge >= 0.3 is 5.97 Å². The highest BCUT2D eigenvalue weighted by Crippen LogP contribution is 2.40. The number of hydrogen-bond acceptors (Lipinski definition) is 4. The number of carboxylic acid groups (broad SMARTS) is 1. The fourth-order valence-corrected chi connectivity index (χ4v) is 2.16. The lowest BCUT2D eigenvalue weighted by Crippen LogP contribution is -2.09. The molecular formula is C12H12N4O2. The van der Waals surface area contributed by atoms with Crippen LogP contribution in [-0.4, -0.2) is 30.7 Å². The summed E-state index contributed by atoms with van der Waals surface area (Å²) in [5, 5.41) is 13.5. The van der Waals surface area contributed by atoms with Gasteiger partial charge in [0.2, 0.25) is 0 Å². The molecule has 2 fully saturated rings. The van der Waals surface area contributed by atoms with E-state index in [1.165, 1.54) is 4.52 Å². The monoisotopic (exact) mass is 244 g/mol. The molecule has 2 saturated carbocycles. The van der Waals surface area contributed by atoms with Crippen LogP contribution in [0, 0.1) is 0 Å². The standard InChI is InChI=1S/C12H12N4O2/c17-11(18)9-5-8(6-1-2-6)13-12-14-10(7-3-4-7)15-16(9)12/h5-7H,1-4H2,(H,17,18). The van der Waals surface area contributed by atoms with E-state index in [-0.39, 0.29) is 5.69 Å². The lowest BCUT2D eigenvalue weighted by molar-refractivity contribution is 0.0687. The first-order valence-corrected chi connectivity index (χ1v) is 6.23. The Kier molecular flexibility index (Phi) is 1.82. The number of hydrogen-bond donors (Lipinski definition) is 1. The predicted octanol–water partition coefficient (Wildman–Crippen LogP) is 1.58. The zero-order valence-electron chi connectivity index (χ0n) is 9.70. The molecule has 6 heteroatoms. The highest BCUT2D eigenvalue weighted by Gasteiger charge is 2.31. The normalized spacial score (nSPS) is 19.3. The largest absolute Gasteiger partial charge is 0.477 e. The topological polar surface area (TPSA) is 80.4 Å². The summed E-state index contributed by atoms with van der Waals surface area (Å²) in [6.45, 7) is 0. The molecule has 2 aromatic heterocycles. The Morgan fingerprint density at radius 2 is 1.94 bits per heavy atom. The zero-order valence-corrected chi connectivity index (χ0v) is 9.70. The average molecular weight is 244 g/mol. The number of nitrogens with zero attached hydrogens (tertiary/aromatic N) is 4. The van der Waals surface area contributed by atoms with E-state index >= 15 is 0 Å². The number of carbonyl (C=O) groups is 1. The van der Waals surface area contributed by atoms with Crippen molar-refractivity contribution in [3.8, 4) is 0 Å². The van der Waals surface area contributed by atoms with Crippen LogP contribution in [0.4, 0.5) is 0 Å². The van der Waals surface area contributed by atoms with E-state index in [1.807, 2.05) is 0 Å². The molecule has 4 rings (SSSR count). The Morgan fingerprint density at radius 3 is 2.56 bits per heavy atom. The van der Waals surface area contributed by atoms with Gasteiger partial charge in [0, 0.05) is 17.5 Å². The number of aromatic carboxylic acids is 1. The van der Waals surface area contributed by atoms with Crippen molar-refractivity contribution >= 4 is 11.7 Å². The van der Waals surface area contributed by atoms with Crippen LogP contribution in [0.25, 0.3) is 5.78 Å². The van der Waals surface area contributed by atoms with Crippen molar-refractivity contribution in [2.75, 3.05) is 0 Å². The van der Waals surface area contributed by atoms with E-state index in [1.54, 1.807) is 6.07 Å². The number of aromatic nitrogens is 4. The molecule has 18 heavy (non-hydrogen) atoms. The summed E-state index contributed by atoms with van der Waals surface area (Å²) in [7, 11) is 0. The Hall–Kier alpha value is -1.98. The van der Waals surface area contributed by atoms with E-state index in [9.17, 15) is 9.90 Å². The average Bonchev–Trinajstić information content (AvgIpc) is 3.22. The second kappa shape index (κ2) is 3.28. The third-order valence-electron chi connectivity index (χ3n) is 3.51. The minimum Gasteiger partial charge on any atom is -0.477 e. The van der Waals surface area contributed by atoms with Crippen molar-refractivity contribution in [3.05, 3.63) is 23.3 Å². The van der Waals surface area contributed by atoms with Crippen LogP contribution in [0.2, 0.25) is 0 Å². The highest BCUT2D eigenvalue weighted by atomic mass is 16.4. The van der Waals surface area contributed by atoms with Gasteiger partial charge in [0.15, 0.2) is 11.5 Å². The van der Waals surface area contributed by atoms with Crippen LogP contribution in [0.3, 0.4) is 0 Å². The fraction of sp³-hybridized carbons (Fsp3) is 0.500. The summed E-state index contributed by atoms with van der Waals surface area (Å²) in [5.41, 5.74) is 1.01. The minimum absolute atomic E-state index is 0.168. The van der Waals surface area contributed by atoms with Gasteiger partial charge in [0.1, 0.15) is 0 Å². The van der Waals surface area contributed by atoms with Gasteiger partial charge in [-0.2, -0.15) is 9.50 Å². The Morgan fingerprint density at radius 1 is 1.22 bits per heavy atom. The third-order valence-corrected chi connectivity index (χ3v) is 3.51. The van der Waals surface area contributed by atoms with E-state index in [2.05, 4.69) is 15.1 Å². The van der Waals surface area contributed by atoms with Crippen molar-refractivity contribution in [2.45, 2.75) is 37.5 Å². The summed E-state index contributed by atoms with van der Waals surface area (Å²) < 4.78 is 1.36. The maximum absolute atomic E-state index is 11.3. The minimum atomic E-state index is -0.975. The van der Waals surface area contributed by atoms with Gasteiger partial charge in [-0.05, 0) is 31.7 Å². The van der Waals surface area contributed by atoms with Gasteiger partial charge in [0.05, 0.1) is 0 Å². The molecule has 2 heterocycles. The van der Waals surface area contributed by atoms with Gasteiger partial charge in [-0.15, -0.1) is 5.10 Å². The van der Waals surface area contributed by atoms with E-state index < -0.39 is 5.97 Å². The maximum Gasteiger partial charge on any atom is 0.354 e. The van der Waals surface area contributed by atoms with E-state index in [0.29, 0.717) is 17.6 Å². The predicted molar refractivity (Wildman–Crippen MR) is 61.7 cm³/mol. The first-order valence-electron chi connectivity index (χ1n) is 6.23. The molecule has 2 aliphatic carbocycles. The van der Waals surface area contributed by atoms with Gasteiger partial charge in [-0.25, -0.2) is 9.78 Å². The molecule has 2 aliphatic rings. The molecule has 0 aliphatic heterocycles. The summed E-state index contributed by atoms with van der Waals surface area (Å²) in [6.07, 6.45) is 4.36. The molecule has 0 spiro atoms. The van der Waals surface area contributed by atoms with Crippen LogP contribution in [0.1, 0.15) is 59.5 Å². The van der Waals surface area contributed by atoms with Crippen molar-refractivity contribution in [1.29, 1.82) is 0 Å². The molecule has 0 radical (unpaired) electrons. The summed E-state index contributed by atoms with van der Waals surface area (Å²) in [4.78, 5) is 20.1. The molecular weight excluding hydrogens is 232 g/mol. The van der Waals surface area contributed by atoms with Crippen molar-refractivity contribution in [3.63, 3.8) is 0 Å². The molecule has 0 amide bonds. The Labute approximate surface area is 103 Å². The smallest absolute Gasteiger partial charge is 0.354 e. The first kappa shape index (κ1) is 9.99. The molecule has 92 valence electrons. The molecule has 0 aromatic carbocycles. The molecule has 0 atom stereocenters. The first-order chi connectivity index (χ1) is 8.72. The van der Waals surface area contributed by atoms with Gasteiger partial charge in [-0.1, -0.05) is 0 Å². The Balaban J connectivity index is 1.94. The quantitative estimate of drug-likeness (QED) is 0.886. The van der Waals surface area contributed by atoms with Gasteiger partial charge < -0.3 is 5.11 Å². The van der Waals surface area contributed by atoms with Crippen molar-refractivity contribution < 1.29 is 9.90 Å². The van der Waals surface area contributed by atoms with Crippen LogP contribution in [0.15, 0.2) is 6.07 Å². The molecule has 0 unspecified atom stereocenters. The second-order valence-corrected chi connectivity index (χ2v) is 5.10. The van der Waals surface area contributed by atoms with Crippen LogP contribution in [0.5, 0.6) is 0 Å². The van der Waals surface area contributed by atoms with Crippen molar-refractivity contribution in [1.82, 2.24) is 19.6 Å². The molecule has 1 N–H and O–H groups in total. The molecule has 6 nitrogen and oxygen atoms in total. The van der Waals surface area contributed by atoms with Gasteiger partial charge in [0.25, 0.3) is 5.78 Å².